The predicted molar refractivity (Wildman–Crippen MR) is 88.0 cm³/mol. The van der Waals surface area contributed by atoms with Gasteiger partial charge in [0.15, 0.2) is 8.32 Å². The zero-order chi connectivity index (χ0) is 16.7. The molecule has 124 valence electrons. The van der Waals surface area contributed by atoms with Crippen LogP contribution in [0.3, 0.4) is 0 Å². The molecule has 22 heavy (non-hydrogen) atoms. The maximum atomic E-state index is 12.3. The van der Waals surface area contributed by atoms with Crippen molar-refractivity contribution < 1.29 is 18.8 Å². The number of carbonyl (C=O) groups is 2. The van der Waals surface area contributed by atoms with Crippen LogP contribution in [0, 0.1) is 11.8 Å². The molecule has 0 aromatic carbocycles. The number of hydrogen-bond acceptors (Lipinski definition) is 4. The summed E-state index contributed by atoms with van der Waals surface area (Å²) in [6.07, 6.45) is 2.89. The summed E-state index contributed by atoms with van der Waals surface area (Å²) in [5, 5.41) is 0.0741. The summed E-state index contributed by atoms with van der Waals surface area (Å²) in [5.41, 5.74) is 0.654. The SMILES string of the molecule is CCOC(=O)C1=C[C@@H](O[Si](C)(C)C(C)(C)C)[C@@H]2C(=O)CC[C@H]12. The van der Waals surface area contributed by atoms with Crippen LogP contribution in [0.2, 0.25) is 18.1 Å². The van der Waals surface area contributed by atoms with E-state index in [1.165, 1.54) is 0 Å². The van der Waals surface area contributed by atoms with Crippen LogP contribution >= 0.6 is 0 Å². The summed E-state index contributed by atoms with van der Waals surface area (Å²) < 4.78 is 11.6. The summed E-state index contributed by atoms with van der Waals surface area (Å²) in [5.74, 6) is -0.257. The Bertz CT molecular complexity index is 501. The van der Waals surface area contributed by atoms with Crippen molar-refractivity contribution in [3.05, 3.63) is 11.6 Å². The fraction of sp³-hybridized carbons (Fsp3) is 0.765. The van der Waals surface area contributed by atoms with Crippen molar-refractivity contribution in [2.45, 2.75) is 64.8 Å². The van der Waals surface area contributed by atoms with Crippen LogP contribution in [-0.2, 0) is 18.8 Å². The molecule has 1 fully saturated rings. The van der Waals surface area contributed by atoms with Crippen molar-refractivity contribution in [3.63, 3.8) is 0 Å². The highest BCUT2D eigenvalue weighted by Crippen LogP contribution is 2.47. The number of rotatable bonds is 4. The number of fused-ring (bicyclic) bond motifs is 1. The van der Waals surface area contributed by atoms with Crippen LogP contribution in [-0.4, -0.2) is 32.8 Å². The van der Waals surface area contributed by atoms with Crippen LogP contribution in [0.5, 0.6) is 0 Å². The van der Waals surface area contributed by atoms with Crippen molar-refractivity contribution in [1.29, 1.82) is 0 Å². The minimum Gasteiger partial charge on any atom is -0.463 e. The summed E-state index contributed by atoms with van der Waals surface area (Å²) in [6, 6.07) is 0. The van der Waals surface area contributed by atoms with Gasteiger partial charge in [0.1, 0.15) is 5.78 Å². The molecule has 4 nitrogen and oxygen atoms in total. The third kappa shape index (κ3) is 3.06. The first kappa shape index (κ1) is 17.4. The molecule has 0 aromatic rings. The van der Waals surface area contributed by atoms with Gasteiger partial charge < -0.3 is 9.16 Å². The minimum absolute atomic E-state index is 0.0127. The maximum absolute atomic E-state index is 12.3. The monoisotopic (exact) mass is 324 g/mol. The third-order valence-electron chi connectivity index (χ3n) is 5.35. The molecule has 0 heterocycles. The van der Waals surface area contributed by atoms with Gasteiger partial charge >= 0.3 is 5.97 Å². The molecule has 0 bridgehead atoms. The predicted octanol–water partition coefficient (Wildman–Crippen LogP) is 3.48. The summed E-state index contributed by atoms with van der Waals surface area (Å²) in [4.78, 5) is 24.4. The highest BCUT2D eigenvalue weighted by atomic mass is 28.4. The van der Waals surface area contributed by atoms with E-state index in [2.05, 4.69) is 33.9 Å². The Kier molecular flexibility index (Phi) is 4.69. The lowest BCUT2D eigenvalue weighted by atomic mass is 9.93. The van der Waals surface area contributed by atoms with E-state index in [4.69, 9.17) is 9.16 Å². The van der Waals surface area contributed by atoms with E-state index >= 15 is 0 Å². The Hall–Kier alpha value is -0.943. The van der Waals surface area contributed by atoms with Gasteiger partial charge in [0.25, 0.3) is 0 Å². The number of ether oxygens (including phenoxy) is 1. The maximum Gasteiger partial charge on any atom is 0.334 e. The number of Topliss-reactive ketones (excluding diaryl/α,β-unsaturated/α-hetero) is 1. The number of esters is 1. The molecular formula is C17H28O4Si. The van der Waals surface area contributed by atoms with Crippen LogP contribution in [0.1, 0.15) is 40.5 Å². The molecule has 0 aliphatic heterocycles. The Morgan fingerprint density at radius 3 is 2.55 bits per heavy atom. The molecule has 5 heteroatoms. The van der Waals surface area contributed by atoms with E-state index in [0.29, 0.717) is 18.6 Å². The van der Waals surface area contributed by atoms with Crippen molar-refractivity contribution in [3.8, 4) is 0 Å². The average molecular weight is 324 g/mol. The van der Waals surface area contributed by atoms with Crippen molar-refractivity contribution in [2.24, 2.45) is 11.8 Å². The molecule has 2 aliphatic carbocycles. The molecule has 0 amide bonds. The highest BCUT2D eigenvalue weighted by molar-refractivity contribution is 6.74. The number of hydrogen-bond donors (Lipinski definition) is 0. The smallest absolute Gasteiger partial charge is 0.334 e. The normalized spacial score (nSPS) is 28.5. The van der Waals surface area contributed by atoms with E-state index in [-0.39, 0.29) is 34.7 Å². The fourth-order valence-electron chi connectivity index (χ4n) is 3.09. The van der Waals surface area contributed by atoms with E-state index in [1.54, 1.807) is 6.92 Å². The lowest BCUT2D eigenvalue weighted by Crippen LogP contribution is -2.45. The second-order valence-corrected chi connectivity index (χ2v) is 12.6. The lowest BCUT2D eigenvalue weighted by molar-refractivity contribution is -0.139. The molecule has 1 saturated carbocycles. The van der Waals surface area contributed by atoms with E-state index in [9.17, 15) is 9.59 Å². The first-order valence-corrected chi connectivity index (χ1v) is 11.1. The average Bonchev–Trinajstić information content (AvgIpc) is 2.90. The Balaban J connectivity index is 2.26. The molecule has 0 unspecified atom stereocenters. The van der Waals surface area contributed by atoms with Gasteiger partial charge in [-0.3, -0.25) is 4.79 Å². The molecule has 0 N–H and O–H groups in total. The quantitative estimate of drug-likeness (QED) is 0.587. The largest absolute Gasteiger partial charge is 0.463 e. The fourth-order valence-corrected chi connectivity index (χ4v) is 4.34. The molecule has 2 aliphatic rings. The van der Waals surface area contributed by atoms with Crippen molar-refractivity contribution in [2.75, 3.05) is 6.61 Å². The van der Waals surface area contributed by atoms with Gasteiger partial charge in [-0.15, -0.1) is 0 Å². The van der Waals surface area contributed by atoms with E-state index in [0.717, 1.165) is 6.42 Å². The number of ketones is 1. The lowest BCUT2D eigenvalue weighted by Gasteiger charge is -2.39. The summed E-state index contributed by atoms with van der Waals surface area (Å²) >= 11 is 0. The van der Waals surface area contributed by atoms with Gasteiger partial charge in [-0.1, -0.05) is 20.8 Å². The van der Waals surface area contributed by atoms with Gasteiger partial charge in [-0.25, -0.2) is 4.79 Å². The first-order valence-electron chi connectivity index (χ1n) is 8.18. The van der Waals surface area contributed by atoms with Crippen LogP contribution in [0.25, 0.3) is 0 Å². The van der Waals surface area contributed by atoms with Crippen molar-refractivity contribution >= 4 is 20.1 Å². The molecule has 0 saturated heterocycles. The number of carbonyl (C=O) groups excluding carboxylic acids is 2. The van der Waals surface area contributed by atoms with Gasteiger partial charge in [0.2, 0.25) is 0 Å². The second-order valence-electron chi connectivity index (χ2n) is 7.82. The zero-order valence-electron chi connectivity index (χ0n) is 14.6. The Labute approximate surface area is 134 Å². The molecule has 0 aromatic heterocycles. The van der Waals surface area contributed by atoms with E-state index < -0.39 is 8.32 Å². The van der Waals surface area contributed by atoms with Gasteiger partial charge in [-0.2, -0.15) is 0 Å². The van der Waals surface area contributed by atoms with Crippen LogP contribution in [0.4, 0.5) is 0 Å². The van der Waals surface area contributed by atoms with E-state index in [1.807, 2.05) is 6.08 Å². The van der Waals surface area contributed by atoms with Crippen molar-refractivity contribution in [1.82, 2.24) is 0 Å². The Morgan fingerprint density at radius 2 is 2.00 bits per heavy atom. The first-order chi connectivity index (χ1) is 10.1. The van der Waals surface area contributed by atoms with Gasteiger partial charge in [0.05, 0.1) is 18.6 Å². The van der Waals surface area contributed by atoms with Crippen LogP contribution < -0.4 is 0 Å². The zero-order valence-corrected chi connectivity index (χ0v) is 15.6. The molecular weight excluding hydrogens is 296 g/mol. The topological polar surface area (TPSA) is 52.6 Å². The molecule has 2 rings (SSSR count). The standard InChI is InChI=1S/C17H28O4Si/c1-7-20-16(19)12-10-14(15-11(12)8-9-13(15)18)21-22(5,6)17(2,3)4/h10-11,14-15H,7-9H2,1-6H3/t11-,14-,15+/m1/s1. The third-order valence-corrected chi connectivity index (χ3v) is 9.83. The molecule has 3 atom stereocenters. The summed E-state index contributed by atoms with van der Waals surface area (Å²) in [6.45, 7) is 13.0. The molecule has 0 radical (unpaired) electrons. The van der Waals surface area contributed by atoms with Gasteiger partial charge in [0, 0.05) is 17.9 Å². The van der Waals surface area contributed by atoms with Crippen LogP contribution in [0.15, 0.2) is 11.6 Å². The summed E-state index contributed by atoms with van der Waals surface area (Å²) in [7, 11) is -1.99. The minimum atomic E-state index is -1.99. The second kappa shape index (κ2) is 5.93. The molecule has 0 spiro atoms. The van der Waals surface area contributed by atoms with Gasteiger partial charge in [-0.05, 0) is 37.6 Å². The highest BCUT2D eigenvalue weighted by Gasteiger charge is 2.51. The Morgan fingerprint density at radius 1 is 1.36 bits per heavy atom.